The third kappa shape index (κ3) is 1.38. The maximum Gasteiger partial charge on any atom is 0.178 e. The molecule has 0 saturated carbocycles. The summed E-state index contributed by atoms with van der Waals surface area (Å²) in [5.74, 6) is 0.202. The van der Waals surface area contributed by atoms with E-state index in [1.54, 1.807) is 24.3 Å². The summed E-state index contributed by atoms with van der Waals surface area (Å²) < 4.78 is 0. The van der Waals surface area contributed by atoms with Crippen LogP contribution < -0.4 is 5.43 Å². The maximum atomic E-state index is 11.0. The van der Waals surface area contributed by atoms with Crippen molar-refractivity contribution >= 4 is 10.8 Å². The fourth-order valence-electron chi connectivity index (χ4n) is 1.29. The SMILES string of the molecule is O=c1ccc2cccc(O)c2cc1. The quantitative estimate of drug-likeness (QED) is 0.659. The summed E-state index contributed by atoms with van der Waals surface area (Å²) in [5.41, 5.74) is -0.0596. The van der Waals surface area contributed by atoms with Gasteiger partial charge in [-0.15, -0.1) is 0 Å². The number of phenols is 1. The molecule has 0 aliphatic carbocycles. The Morgan fingerprint density at radius 1 is 0.923 bits per heavy atom. The van der Waals surface area contributed by atoms with Crippen LogP contribution in [0.15, 0.2) is 47.3 Å². The Morgan fingerprint density at radius 3 is 2.54 bits per heavy atom. The van der Waals surface area contributed by atoms with Gasteiger partial charge in [-0.05, 0) is 29.7 Å². The molecule has 2 rings (SSSR count). The van der Waals surface area contributed by atoms with Gasteiger partial charge in [0.1, 0.15) is 5.75 Å². The predicted molar refractivity (Wildman–Crippen MR) is 51.9 cm³/mol. The van der Waals surface area contributed by atoms with Crippen molar-refractivity contribution in [3.8, 4) is 5.75 Å². The Labute approximate surface area is 75.1 Å². The smallest absolute Gasteiger partial charge is 0.178 e. The second-order valence-corrected chi connectivity index (χ2v) is 2.85. The number of benzene rings is 1. The van der Waals surface area contributed by atoms with E-state index in [0.29, 0.717) is 5.39 Å². The number of rotatable bonds is 0. The lowest BCUT2D eigenvalue weighted by Gasteiger charge is -1.94. The topological polar surface area (TPSA) is 37.3 Å². The standard InChI is InChI=1S/C11H8O2/c12-9-5-4-8-2-1-3-11(13)10(8)7-6-9/h1-7,13H. The molecule has 2 heteroatoms. The molecule has 0 amide bonds. The third-order valence-electron chi connectivity index (χ3n) is 1.96. The Balaban J connectivity index is 2.98. The fraction of sp³-hybridized carbons (Fsp3) is 0. The molecule has 0 saturated heterocycles. The van der Waals surface area contributed by atoms with E-state index in [1.165, 1.54) is 12.1 Å². The van der Waals surface area contributed by atoms with E-state index >= 15 is 0 Å². The fourth-order valence-corrected chi connectivity index (χ4v) is 1.29. The minimum Gasteiger partial charge on any atom is -0.507 e. The first kappa shape index (κ1) is 7.80. The van der Waals surface area contributed by atoms with Crippen LogP contribution in [0.2, 0.25) is 0 Å². The number of aromatic hydroxyl groups is 1. The molecule has 1 N–H and O–H groups in total. The molecular weight excluding hydrogens is 164 g/mol. The molecule has 2 aromatic carbocycles. The lowest BCUT2D eigenvalue weighted by Crippen LogP contribution is -1.87. The van der Waals surface area contributed by atoms with Crippen LogP contribution in [0.5, 0.6) is 5.75 Å². The van der Waals surface area contributed by atoms with Crippen molar-refractivity contribution in [3.63, 3.8) is 0 Å². The minimum absolute atomic E-state index is 0.0596. The summed E-state index contributed by atoms with van der Waals surface area (Å²) >= 11 is 0. The van der Waals surface area contributed by atoms with Crippen LogP contribution in [-0.4, -0.2) is 5.11 Å². The monoisotopic (exact) mass is 172 g/mol. The molecular formula is C11H8O2. The van der Waals surface area contributed by atoms with Crippen molar-refractivity contribution < 1.29 is 5.11 Å². The van der Waals surface area contributed by atoms with E-state index in [9.17, 15) is 9.90 Å². The number of fused-ring (bicyclic) bond motifs is 1. The molecule has 0 radical (unpaired) electrons. The van der Waals surface area contributed by atoms with Crippen LogP contribution in [0.25, 0.3) is 10.8 Å². The van der Waals surface area contributed by atoms with Crippen LogP contribution in [0, 0.1) is 0 Å². The van der Waals surface area contributed by atoms with Gasteiger partial charge in [-0.2, -0.15) is 0 Å². The maximum absolute atomic E-state index is 11.0. The van der Waals surface area contributed by atoms with Crippen LogP contribution in [0.3, 0.4) is 0 Å². The average Bonchev–Trinajstić information content (AvgIpc) is 2.30. The highest BCUT2D eigenvalue weighted by atomic mass is 16.3. The van der Waals surface area contributed by atoms with E-state index in [-0.39, 0.29) is 11.2 Å². The lowest BCUT2D eigenvalue weighted by atomic mass is 10.2. The van der Waals surface area contributed by atoms with Crippen LogP contribution in [0.1, 0.15) is 0 Å². The molecule has 64 valence electrons. The summed E-state index contributed by atoms with van der Waals surface area (Å²) in [7, 11) is 0. The zero-order valence-corrected chi connectivity index (χ0v) is 6.90. The molecule has 13 heavy (non-hydrogen) atoms. The molecule has 0 unspecified atom stereocenters. The van der Waals surface area contributed by atoms with Crippen molar-refractivity contribution in [1.29, 1.82) is 0 Å². The largest absolute Gasteiger partial charge is 0.507 e. The molecule has 0 atom stereocenters. The first-order chi connectivity index (χ1) is 6.27. The highest BCUT2D eigenvalue weighted by Crippen LogP contribution is 2.21. The van der Waals surface area contributed by atoms with Gasteiger partial charge in [0.15, 0.2) is 5.43 Å². The summed E-state index contributed by atoms with van der Waals surface area (Å²) in [6, 6.07) is 11.5. The van der Waals surface area contributed by atoms with Gasteiger partial charge in [-0.25, -0.2) is 0 Å². The summed E-state index contributed by atoms with van der Waals surface area (Å²) in [4.78, 5) is 11.0. The molecule has 2 nitrogen and oxygen atoms in total. The summed E-state index contributed by atoms with van der Waals surface area (Å²) in [6.07, 6.45) is 0. The van der Waals surface area contributed by atoms with E-state index in [0.717, 1.165) is 5.39 Å². The molecule has 0 heterocycles. The molecule has 0 aromatic heterocycles. The number of hydrogen-bond donors (Lipinski definition) is 1. The van der Waals surface area contributed by atoms with Crippen LogP contribution in [0.4, 0.5) is 0 Å². The van der Waals surface area contributed by atoms with Gasteiger partial charge in [0.25, 0.3) is 0 Å². The zero-order chi connectivity index (χ0) is 9.26. The second kappa shape index (κ2) is 2.90. The average molecular weight is 172 g/mol. The lowest BCUT2D eigenvalue weighted by molar-refractivity contribution is 0.481. The van der Waals surface area contributed by atoms with Crippen molar-refractivity contribution in [2.24, 2.45) is 0 Å². The van der Waals surface area contributed by atoms with E-state index < -0.39 is 0 Å². The zero-order valence-electron chi connectivity index (χ0n) is 6.90. The Bertz CT molecular complexity index is 503. The molecule has 0 aliphatic heterocycles. The van der Waals surface area contributed by atoms with Crippen LogP contribution in [-0.2, 0) is 0 Å². The normalized spacial score (nSPS) is 10.2. The molecule has 2 aromatic rings. The summed E-state index contributed by atoms with van der Waals surface area (Å²) in [6.45, 7) is 0. The third-order valence-corrected chi connectivity index (χ3v) is 1.96. The van der Waals surface area contributed by atoms with Gasteiger partial charge in [0, 0.05) is 5.39 Å². The van der Waals surface area contributed by atoms with Gasteiger partial charge in [-0.3, -0.25) is 4.79 Å². The Morgan fingerprint density at radius 2 is 1.69 bits per heavy atom. The Kier molecular flexibility index (Phi) is 1.74. The Hall–Kier alpha value is -1.83. The highest BCUT2D eigenvalue weighted by molar-refractivity contribution is 5.87. The summed E-state index contributed by atoms with van der Waals surface area (Å²) in [5, 5.41) is 11.0. The second-order valence-electron chi connectivity index (χ2n) is 2.85. The van der Waals surface area contributed by atoms with Gasteiger partial charge in [0.05, 0.1) is 0 Å². The van der Waals surface area contributed by atoms with E-state index in [4.69, 9.17) is 0 Å². The van der Waals surface area contributed by atoms with Gasteiger partial charge < -0.3 is 5.11 Å². The molecule has 0 bridgehead atoms. The van der Waals surface area contributed by atoms with E-state index in [2.05, 4.69) is 0 Å². The first-order valence-electron chi connectivity index (χ1n) is 3.99. The number of phenolic OH excluding ortho intramolecular Hbond substituents is 1. The van der Waals surface area contributed by atoms with E-state index in [1.807, 2.05) is 6.07 Å². The van der Waals surface area contributed by atoms with Crippen molar-refractivity contribution in [1.82, 2.24) is 0 Å². The van der Waals surface area contributed by atoms with Gasteiger partial charge in [-0.1, -0.05) is 18.2 Å². The van der Waals surface area contributed by atoms with Gasteiger partial charge in [0.2, 0.25) is 0 Å². The van der Waals surface area contributed by atoms with Crippen molar-refractivity contribution in [3.05, 3.63) is 52.7 Å². The first-order valence-corrected chi connectivity index (χ1v) is 3.99. The predicted octanol–water partition coefficient (Wildman–Crippen LogP) is 1.91. The highest BCUT2D eigenvalue weighted by Gasteiger charge is 1.95. The van der Waals surface area contributed by atoms with Crippen LogP contribution >= 0.6 is 0 Å². The molecule has 0 fully saturated rings. The number of hydrogen-bond acceptors (Lipinski definition) is 2. The van der Waals surface area contributed by atoms with Crippen molar-refractivity contribution in [2.75, 3.05) is 0 Å². The van der Waals surface area contributed by atoms with Gasteiger partial charge >= 0.3 is 0 Å². The molecule has 0 aliphatic rings. The molecule has 0 spiro atoms. The van der Waals surface area contributed by atoms with Crippen molar-refractivity contribution in [2.45, 2.75) is 0 Å². The minimum atomic E-state index is -0.0596.